The van der Waals surface area contributed by atoms with Gasteiger partial charge < -0.3 is 10.1 Å². The van der Waals surface area contributed by atoms with E-state index >= 15 is 0 Å². The maximum atomic E-state index is 6.15. The normalized spacial score (nSPS) is 21.9. The Morgan fingerprint density at radius 2 is 2.39 bits per heavy atom. The molecule has 0 spiro atoms. The second-order valence-corrected chi connectivity index (χ2v) is 6.76. The third-order valence-electron chi connectivity index (χ3n) is 3.54. The van der Waals surface area contributed by atoms with Gasteiger partial charge in [-0.15, -0.1) is 0 Å². The molecule has 1 aromatic rings. The molecule has 1 aromatic carbocycles. The maximum absolute atomic E-state index is 6.15. The fraction of sp³-hybridized carbons (Fsp3) is 0.571. The molecule has 1 atom stereocenters. The van der Waals surface area contributed by atoms with Crippen LogP contribution in [0, 0.1) is 0 Å². The van der Waals surface area contributed by atoms with E-state index in [0.29, 0.717) is 0 Å². The van der Waals surface area contributed by atoms with Crippen LogP contribution >= 0.6 is 23.4 Å². The quantitative estimate of drug-likeness (QED) is 0.916. The first-order valence-corrected chi connectivity index (χ1v) is 8.02. The molecule has 1 N–H and O–H groups in total. The Bertz CT molecular complexity index is 432. The summed E-state index contributed by atoms with van der Waals surface area (Å²) in [5.74, 6) is 2.38. The molecule has 2 aliphatic rings. The number of rotatable bonds is 4. The number of benzene rings is 1. The number of hydrogen-bond acceptors (Lipinski definition) is 3. The number of halogens is 1. The summed E-state index contributed by atoms with van der Waals surface area (Å²) in [7, 11) is 0. The number of ether oxygens (including phenoxy) is 1. The van der Waals surface area contributed by atoms with Crippen molar-refractivity contribution in [3.8, 4) is 5.75 Å². The Kier molecular flexibility index (Phi) is 4.02. The van der Waals surface area contributed by atoms with Gasteiger partial charge in [0, 0.05) is 35.3 Å². The molecule has 18 heavy (non-hydrogen) atoms. The standard InChI is InChI=1S/C14H18ClNOS/c15-12-6-10-3-4-17-14(10)11(7-12)8-16-9-13-2-1-5-18-13/h6-7,13,16H,1-5,8-9H2. The summed E-state index contributed by atoms with van der Waals surface area (Å²) in [5.41, 5.74) is 2.47. The lowest BCUT2D eigenvalue weighted by Gasteiger charge is -2.12. The van der Waals surface area contributed by atoms with Crippen LogP contribution in [0.3, 0.4) is 0 Å². The average molecular weight is 284 g/mol. The predicted molar refractivity (Wildman–Crippen MR) is 77.8 cm³/mol. The van der Waals surface area contributed by atoms with E-state index in [1.54, 1.807) is 0 Å². The van der Waals surface area contributed by atoms with E-state index in [-0.39, 0.29) is 0 Å². The lowest BCUT2D eigenvalue weighted by atomic mass is 10.1. The van der Waals surface area contributed by atoms with Crippen molar-refractivity contribution in [1.82, 2.24) is 5.32 Å². The molecule has 1 fully saturated rings. The molecule has 2 nitrogen and oxygen atoms in total. The van der Waals surface area contributed by atoms with E-state index in [9.17, 15) is 0 Å². The van der Waals surface area contributed by atoms with E-state index in [1.165, 1.54) is 29.7 Å². The Balaban J connectivity index is 1.61. The van der Waals surface area contributed by atoms with Gasteiger partial charge in [-0.05, 0) is 36.3 Å². The van der Waals surface area contributed by atoms with Gasteiger partial charge in [0.2, 0.25) is 0 Å². The zero-order valence-electron chi connectivity index (χ0n) is 10.4. The molecule has 98 valence electrons. The fourth-order valence-corrected chi connectivity index (χ4v) is 4.15. The zero-order chi connectivity index (χ0) is 12.4. The lowest BCUT2D eigenvalue weighted by molar-refractivity contribution is 0.352. The molecule has 0 radical (unpaired) electrons. The van der Waals surface area contributed by atoms with Crippen molar-refractivity contribution in [3.63, 3.8) is 0 Å². The number of fused-ring (bicyclic) bond motifs is 1. The summed E-state index contributed by atoms with van der Waals surface area (Å²) in [6, 6.07) is 4.06. The second kappa shape index (κ2) is 5.72. The Hall–Kier alpha value is -0.380. The van der Waals surface area contributed by atoms with Crippen LogP contribution in [0.25, 0.3) is 0 Å². The summed E-state index contributed by atoms with van der Waals surface area (Å²) in [6.45, 7) is 2.74. The average Bonchev–Trinajstić information content (AvgIpc) is 2.98. The minimum atomic E-state index is 0.790. The van der Waals surface area contributed by atoms with Crippen LogP contribution in [0.4, 0.5) is 0 Å². The number of nitrogens with one attached hydrogen (secondary N) is 1. The van der Waals surface area contributed by atoms with Crippen molar-refractivity contribution >= 4 is 23.4 Å². The van der Waals surface area contributed by atoms with Crippen LogP contribution in [0.15, 0.2) is 12.1 Å². The molecule has 4 heteroatoms. The molecule has 0 saturated carbocycles. The summed E-state index contributed by atoms with van der Waals surface area (Å²) >= 11 is 8.23. The molecule has 1 saturated heterocycles. The molecule has 0 aliphatic carbocycles. The van der Waals surface area contributed by atoms with Gasteiger partial charge in [0.25, 0.3) is 0 Å². The molecule has 3 rings (SSSR count). The molecule has 2 heterocycles. The largest absolute Gasteiger partial charge is 0.493 e. The fourth-order valence-electron chi connectivity index (χ4n) is 2.65. The van der Waals surface area contributed by atoms with Crippen molar-refractivity contribution < 1.29 is 4.74 Å². The highest BCUT2D eigenvalue weighted by atomic mass is 35.5. The van der Waals surface area contributed by atoms with Gasteiger partial charge in [-0.1, -0.05) is 11.6 Å². The van der Waals surface area contributed by atoms with Crippen LogP contribution in [0.2, 0.25) is 5.02 Å². The highest BCUT2D eigenvalue weighted by molar-refractivity contribution is 8.00. The summed E-state index contributed by atoms with van der Waals surface area (Å²) < 4.78 is 5.70. The van der Waals surface area contributed by atoms with Crippen molar-refractivity contribution in [2.45, 2.75) is 31.1 Å². The van der Waals surface area contributed by atoms with Gasteiger partial charge in [-0.25, -0.2) is 0 Å². The molecule has 0 bridgehead atoms. The van der Waals surface area contributed by atoms with Crippen LogP contribution in [0.1, 0.15) is 24.0 Å². The third-order valence-corrected chi connectivity index (χ3v) is 5.15. The van der Waals surface area contributed by atoms with E-state index < -0.39 is 0 Å². The topological polar surface area (TPSA) is 21.3 Å². The zero-order valence-corrected chi connectivity index (χ0v) is 11.9. The number of hydrogen-bond donors (Lipinski definition) is 1. The Morgan fingerprint density at radius 3 is 3.22 bits per heavy atom. The van der Waals surface area contributed by atoms with E-state index in [1.807, 2.05) is 12.1 Å². The highest BCUT2D eigenvalue weighted by Crippen LogP contribution is 2.33. The molecular formula is C14H18ClNOS. The van der Waals surface area contributed by atoms with Gasteiger partial charge in [-0.3, -0.25) is 0 Å². The van der Waals surface area contributed by atoms with Crippen molar-refractivity contribution in [2.24, 2.45) is 0 Å². The van der Waals surface area contributed by atoms with Crippen molar-refractivity contribution in [2.75, 3.05) is 18.9 Å². The van der Waals surface area contributed by atoms with Gasteiger partial charge in [0.15, 0.2) is 0 Å². The van der Waals surface area contributed by atoms with Crippen LogP contribution < -0.4 is 10.1 Å². The first-order chi connectivity index (χ1) is 8.83. The first kappa shape index (κ1) is 12.6. The molecule has 2 aliphatic heterocycles. The van der Waals surface area contributed by atoms with E-state index in [2.05, 4.69) is 17.1 Å². The lowest BCUT2D eigenvalue weighted by Crippen LogP contribution is -2.22. The highest BCUT2D eigenvalue weighted by Gasteiger charge is 2.18. The SMILES string of the molecule is Clc1cc2c(c(CNCC3CCCS3)c1)OCC2. The second-order valence-electron chi connectivity index (χ2n) is 4.92. The van der Waals surface area contributed by atoms with E-state index in [4.69, 9.17) is 16.3 Å². The first-order valence-electron chi connectivity index (χ1n) is 6.59. The smallest absolute Gasteiger partial charge is 0.127 e. The van der Waals surface area contributed by atoms with Gasteiger partial charge in [-0.2, -0.15) is 11.8 Å². The third kappa shape index (κ3) is 2.79. The van der Waals surface area contributed by atoms with Crippen LogP contribution in [-0.4, -0.2) is 24.2 Å². The minimum Gasteiger partial charge on any atom is -0.493 e. The number of thioether (sulfide) groups is 1. The minimum absolute atomic E-state index is 0.790. The Morgan fingerprint density at radius 1 is 1.44 bits per heavy atom. The van der Waals surface area contributed by atoms with Crippen molar-refractivity contribution in [3.05, 3.63) is 28.3 Å². The summed E-state index contributed by atoms with van der Waals surface area (Å²) in [6.07, 6.45) is 3.70. The maximum Gasteiger partial charge on any atom is 0.127 e. The van der Waals surface area contributed by atoms with Crippen LogP contribution in [0.5, 0.6) is 5.75 Å². The van der Waals surface area contributed by atoms with Gasteiger partial charge in [0.1, 0.15) is 5.75 Å². The Labute approximate surface area is 117 Å². The van der Waals surface area contributed by atoms with Gasteiger partial charge in [0.05, 0.1) is 6.61 Å². The van der Waals surface area contributed by atoms with Gasteiger partial charge >= 0.3 is 0 Å². The van der Waals surface area contributed by atoms with E-state index in [0.717, 1.165) is 42.1 Å². The molecular weight excluding hydrogens is 266 g/mol. The summed E-state index contributed by atoms with van der Waals surface area (Å²) in [5, 5.41) is 5.16. The monoisotopic (exact) mass is 283 g/mol. The molecule has 1 unspecified atom stereocenters. The molecule has 0 amide bonds. The predicted octanol–water partition coefficient (Wildman–Crippen LogP) is 3.26. The van der Waals surface area contributed by atoms with Crippen LogP contribution in [-0.2, 0) is 13.0 Å². The van der Waals surface area contributed by atoms with Crippen molar-refractivity contribution in [1.29, 1.82) is 0 Å². The summed E-state index contributed by atoms with van der Waals surface area (Å²) in [4.78, 5) is 0. The molecule has 0 aromatic heterocycles.